The van der Waals surface area contributed by atoms with Crippen molar-refractivity contribution in [2.45, 2.75) is 6.42 Å². The summed E-state index contributed by atoms with van der Waals surface area (Å²) >= 11 is 0. The molecule has 0 N–H and O–H groups in total. The zero-order valence-corrected chi connectivity index (χ0v) is 9.46. The van der Waals surface area contributed by atoms with Crippen LogP contribution in [0, 0.1) is 0 Å². The van der Waals surface area contributed by atoms with Gasteiger partial charge in [-0.1, -0.05) is 12.1 Å². The van der Waals surface area contributed by atoms with E-state index in [1.54, 1.807) is 7.11 Å². The van der Waals surface area contributed by atoms with E-state index in [0.717, 1.165) is 11.3 Å². The zero-order valence-electron chi connectivity index (χ0n) is 9.46. The summed E-state index contributed by atoms with van der Waals surface area (Å²) in [6.45, 7) is 0. The minimum atomic E-state index is -0.00106. The Morgan fingerprint density at radius 3 is 2.76 bits per heavy atom. The third-order valence-electron chi connectivity index (χ3n) is 2.38. The molecule has 17 heavy (non-hydrogen) atoms. The molecule has 0 radical (unpaired) electrons. The number of hydrogen-bond donors (Lipinski definition) is 0. The summed E-state index contributed by atoms with van der Waals surface area (Å²) in [5.74, 6) is 0.749. The van der Waals surface area contributed by atoms with Crippen LogP contribution in [0.15, 0.2) is 43.0 Å². The Bertz CT molecular complexity index is 512. The highest BCUT2D eigenvalue weighted by molar-refractivity contribution is 5.96. The Morgan fingerprint density at radius 1 is 1.29 bits per heavy atom. The molecule has 1 heterocycles. The molecule has 0 bridgehead atoms. The Labute approximate surface area is 99.3 Å². The van der Waals surface area contributed by atoms with Gasteiger partial charge in [0.1, 0.15) is 12.1 Å². The summed E-state index contributed by atoms with van der Waals surface area (Å²) in [6, 6.07) is 7.45. The number of ether oxygens (including phenoxy) is 1. The van der Waals surface area contributed by atoms with Crippen LogP contribution < -0.4 is 4.74 Å². The van der Waals surface area contributed by atoms with E-state index in [1.807, 2.05) is 24.3 Å². The number of methoxy groups -OCH3 is 1. The van der Waals surface area contributed by atoms with Gasteiger partial charge in [0, 0.05) is 18.8 Å². The van der Waals surface area contributed by atoms with Crippen molar-refractivity contribution in [3.05, 3.63) is 54.1 Å². The molecule has 0 fully saturated rings. The van der Waals surface area contributed by atoms with Gasteiger partial charge in [0.2, 0.25) is 0 Å². The van der Waals surface area contributed by atoms with Gasteiger partial charge in [-0.3, -0.25) is 4.79 Å². The van der Waals surface area contributed by atoms with Crippen LogP contribution in [0.4, 0.5) is 0 Å². The lowest BCUT2D eigenvalue weighted by Crippen LogP contribution is -2.04. The molecule has 0 aliphatic heterocycles. The molecule has 4 nitrogen and oxygen atoms in total. The van der Waals surface area contributed by atoms with Gasteiger partial charge in [-0.05, 0) is 17.7 Å². The number of nitrogens with zero attached hydrogens (tertiary/aromatic N) is 2. The number of carbonyl (C=O) groups is 1. The van der Waals surface area contributed by atoms with E-state index in [9.17, 15) is 4.79 Å². The Morgan fingerprint density at radius 2 is 2.06 bits per heavy atom. The van der Waals surface area contributed by atoms with E-state index in [0.29, 0.717) is 12.0 Å². The first kappa shape index (κ1) is 11.3. The van der Waals surface area contributed by atoms with Crippen LogP contribution in [-0.4, -0.2) is 22.9 Å². The van der Waals surface area contributed by atoms with E-state index >= 15 is 0 Å². The van der Waals surface area contributed by atoms with E-state index < -0.39 is 0 Å². The third-order valence-corrected chi connectivity index (χ3v) is 2.38. The van der Waals surface area contributed by atoms with Gasteiger partial charge in [0.25, 0.3) is 0 Å². The van der Waals surface area contributed by atoms with Crippen LogP contribution in [0.1, 0.15) is 15.9 Å². The highest BCUT2D eigenvalue weighted by atomic mass is 16.5. The van der Waals surface area contributed by atoms with Gasteiger partial charge in [-0.2, -0.15) is 0 Å². The number of benzene rings is 1. The molecule has 2 aromatic rings. The number of aromatic nitrogens is 2. The zero-order chi connectivity index (χ0) is 12.1. The molecular weight excluding hydrogens is 216 g/mol. The molecule has 86 valence electrons. The topological polar surface area (TPSA) is 52.1 Å². The molecule has 0 saturated carbocycles. The molecular formula is C13H12N2O2. The van der Waals surface area contributed by atoms with E-state index in [-0.39, 0.29) is 5.78 Å². The number of Topliss-reactive ketones (excluding diaryl/α,β-unsaturated/α-hetero) is 1. The Kier molecular flexibility index (Phi) is 3.45. The van der Waals surface area contributed by atoms with Crippen LogP contribution in [0.3, 0.4) is 0 Å². The SMILES string of the molecule is COc1cccc(CC(=O)c2cncnc2)c1. The maximum absolute atomic E-state index is 11.9. The Balaban J connectivity index is 2.13. The number of carbonyl (C=O) groups excluding carboxylic acids is 1. The first-order valence-electron chi connectivity index (χ1n) is 5.21. The second-order valence-corrected chi connectivity index (χ2v) is 3.58. The summed E-state index contributed by atoms with van der Waals surface area (Å²) in [7, 11) is 1.60. The highest BCUT2D eigenvalue weighted by Gasteiger charge is 2.07. The smallest absolute Gasteiger partial charge is 0.170 e. The standard InChI is InChI=1S/C13H12N2O2/c1-17-12-4-2-3-10(5-12)6-13(16)11-7-14-9-15-8-11/h2-5,7-9H,6H2,1H3. The van der Waals surface area contributed by atoms with Crippen LogP contribution >= 0.6 is 0 Å². The molecule has 0 atom stereocenters. The summed E-state index contributed by atoms with van der Waals surface area (Å²) in [5.41, 5.74) is 1.44. The maximum atomic E-state index is 11.9. The predicted molar refractivity (Wildman–Crippen MR) is 63.1 cm³/mol. The molecule has 0 unspecified atom stereocenters. The van der Waals surface area contributed by atoms with Crippen molar-refractivity contribution in [3.8, 4) is 5.75 Å². The summed E-state index contributed by atoms with van der Waals surface area (Å²) < 4.78 is 5.11. The molecule has 2 rings (SSSR count). The summed E-state index contributed by atoms with van der Waals surface area (Å²) in [4.78, 5) is 19.5. The molecule has 4 heteroatoms. The van der Waals surface area contributed by atoms with Crippen molar-refractivity contribution in [1.29, 1.82) is 0 Å². The number of hydrogen-bond acceptors (Lipinski definition) is 4. The fraction of sp³-hybridized carbons (Fsp3) is 0.154. The van der Waals surface area contributed by atoms with Crippen molar-refractivity contribution >= 4 is 5.78 Å². The summed E-state index contributed by atoms with van der Waals surface area (Å²) in [6.07, 6.45) is 4.78. The number of ketones is 1. The largest absolute Gasteiger partial charge is 0.497 e. The first-order valence-corrected chi connectivity index (χ1v) is 5.21. The third kappa shape index (κ3) is 2.87. The van der Waals surface area contributed by atoms with Crippen molar-refractivity contribution in [3.63, 3.8) is 0 Å². The molecule has 0 aliphatic carbocycles. The fourth-order valence-electron chi connectivity index (χ4n) is 1.51. The van der Waals surface area contributed by atoms with Crippen molar-refractivity contribution in [2.24, 2.45) is 0 Å². The van der Waals surface area contributed by atoms with E-state index in [4.69, 9.17) is 4.74 Å². The molecule has 0 saturated heterocycles. The van der Waals surface area contributed by atoms with Crippen LogP contribution in [0.2, 0.25) is 0 Å². The summed E-state index contributed by atoms with van der Waals surface area (Å²) in [5, 5.41) is 0. The molecule has 0 aliphatic rings. The van der Waals surface area contributed by atoms with Crippen molar-refractivity contribution < 1.29 is 9.53 Å². The monoisotopic (exact) mass is 228 g/mol. The molecule has 0 amide bonds. The minimum Gasteiger partial charge on any atom is -0.497 e. The van der Waals surface area contributed by atoms with Gasteiger partial charge >= 0.3 is 0 Å². The average Bonchev–Trinajstić information content (AvgIpc) is 2.40. The van der Waals surface area contributed by atoms with Gasteiger partial charge in [-0.25, -0.2) is 9.97 Å². The van der Waals surface area contributed by atoms with Crippen LogP contribution in [-0.2, 0) is 6.42 Å². The molecule has 1 aromatic heterocycles. The Hall–Kier alpha value is -2.23. The first-order chi connectivity index (χ1) is 8.29. The van der Waals surface area contributed by atoms with Gasteiger partial charge < -0.3 is 4.74 Å². The van der Waals surface area contributed by atoms with E-state index in [2.05, 4.69) is 9.97 Å². The second kappa shape index (κ2) is 5.21. The van der Waals surface area contributed by atoms with Crippen molar-refractivity contribution in [2.75, 3.05) is 7.11 Å². The maximum Gasteiger partial charge on any atom is 0.170 e. The average molecular weight is 228 g/mol. The second-order valence-electron chi connectivity index (χ2n) is 3.58. The molecule has 0 spiro atoms. The molecule has 1 aromatic carbocycles. The van der Waals surface area contributed by atoms with Gasteiger partial charge in [-0.15, -0.1) is 0 Å². The minimum absolute atomic E-state index is 0.00106. The highest BCUT2D eigenvalue weighted by Crippen LogP contribution is 2.14. The van der Waals surface area contributed by atoms with Gasteiger partial charge in [0.15, 0.2) is 5.78 Å². The quantitative estimate of drug-likeness (QED) is 0.750. The lowest BCUT2D eigenvalue weighted by Gasteiger charge is -2.03. The lowest BCUT2D eigenvalue weighted by molar-refractivity contribution is 0.0992. The predicted octanol–water partition coefficient (Wildman–Crippen LogP) is 1.91. The normalized spacial score (nSPS) is 9.94. The lowest BCUT2D eigenvalue weighted by atomic mass is 10.1. The van der Waals surface area contributed by atoms with Crippen molar-refractivity contribution in [1.82, 2.24) is 9.97 Å². The van der Waals surface area contributed by atoms with Gasteiger partial charge in [0.05, 0.1) is 12.7 Å². The fourth-order valence-corrected chi connectivity index (χ4v) is 1.51. The number of rotatable bonds is 4. The van der Waals surface area contributed by atoms with Crippen LogP contribution in [0.25, 0.3) is 0 Å². The van der Waals surface area contributed by atoms with E-state index in [1.165, 1.54) is 18.7 Å². The van der Waals surface area contributed by atoms with Crippen LogP contribution in [0.5, 0.6) is 5.75 Å².